The summed E-state index contributed by atoms with van der Waals surface area (Å²) in [5.74, 6) is 0.687. The number of rotatable bonds is 3. The fraction of sp³-hybridized carbons (Fsp3) is 0.438. The van der Waals surface area contributed by atoms with Gasteiger partial charge in [0.15, 0.2) is 0 Å². The van der Waals surface area contributed by atoms with E-state index in [-0.39, 0.29) is 6.10 Å². The summed E-state index contributed by atoms with van der Waals surface area (Å²) in [5, 5.41) is 8.99. The van der Waals surface area contributed by atoms with Gasteiger partial charge in [0.05, 0.1) is 11.8 Å². The van der Waals surface area contributed by atoms with E-state index >= 15 is 0 Å². The molecule has 1 heterocycles. The van der Waals surface area contributed by atoms with Crippen LogP contribution in [0.15, 0.2) is 18.2 Å². The van der Waals surface area contributed by atoms with E-state index in [1.165, 1.54) is 4.90 Å². The topological polar surface area (TPSA) is 75.8 Å². The quantitative estimate of drug-likeness (QED) is 0.839. The van der Waals surface area contributed by atoms with Gasteiger partial charge in [-0.25, -0.2) is 4.79 Å². The third kappa shape index (κ3) is 3.48. The first kappa shape index (κ1) is 15.2. The van der Waals surface area contributed by atoms with Gasteiger partial charge >= 0.3 is 6.09 Å². The molecule has 0 aliphatic carbocycles. The Kier molecular flexibility index (Phi) is 4.40. The number of aryl methyl sites for hydroxylation is 1. The second-order valence-corrected chi connectivity index (χ2v) is 5.58. The van der Waals surface area contributed by atoms with Crippen LogP contribution >= 0.6 is 0 Å². The molecule has 0 spiro atoms. The molecule has 0 saturated carbocycles. The molecule has 0 aromatic heterocycles. The Labute approximate surface area is 125 Å². The third-order valence-electron chi connectivity index (χ3n) is 3.55. The summed E-state index contributed by atoms with van der Waals surface area (Å²) in [6, 6.07) is 3.88. The lowest BCUT2D eigenvalue weighted by atomic mass is 9.95. The van der Waals surface area contributed by atoms with E-state index in [1.807, 2.05) is 39.0 Å². The minimum atomic E-state index is -0.872. The lowest BCUT2D eigenvalue weighted by molar-refractivity contribution is 0.150. The zero-order valence-electron chi connectivity index (χ0n) is 12.7. The van der Waals surface area contributed by atoms with Crippen LogP contribution in [0.1, 0.15) is 31.4 Å². The maximum absolute atomic E-state index is 10.9. The summed E-state index contributed by atoms with van der Waals surface area (Å²) in [6.07, 6.45) is 1.86. The molecule has 1 amide bonds. The van der Waals surface area contributed by atoms with Crippen molar-refractivity contribution in [1.82, 2.24) is 4.90 Å². The Morgan fingerprint density at radius 1 is 1.43 bits per heavy atom. The minimum absolute atomic E-state index is 0.0608. The van der Waals surface area contributed by atoms with Crippen LogP contribution in [0, 0.1) is 6.92 Å². The average molecular weight is 290 g/mol. The molecule has 5 nitrogen and oxygen atoms in total. The zero-order chi connectivity index (χ0) is 15.6. The van der Waals surface area contributed by atoms with Crippen LogP contribution in [-0.4, -0.2) is 35.3 Å². The van der Waals surface area contributed by atoms with Crippen molar-refractivity contribution in [2.75, 3.05) is 18.8 Å². The first-order valence-corrected chi connectivity index (χ1v) is 7.12. The maximum atomic E-state index is 10.9. The summed E-state index contributed by atoms with van der Waals surface area (Å²) in [7, 11) is 0. The largest absolute Gasteiger partial charge is 0.489 e. The van der Waals surface area contributed by atoms with E-state index in [9.17, 15) is 4.79 Å². The van der Waals surface area contributed by atoms with E-state index in [2.05, 4.69) is 0 Å². The highest BCUT2D eigenvalue weighted by atomic mass is 16.5. The first-order chi connectivity index (χ1) is 9.88. The van der Waals surface area contributed by atoms with Crippen molar-refractivity contribution in [2.24, 2.45) is 0 Å². The van der Waals surface area contributed by atoms with E-state index in [4.69, 9.17) is 15.6 Å². The average Bonchev–Trinajstić information content (AvgIpc) is 2.41. The predicted molar refractivity (Wildman–Crippen MR) is 83.5 cm³/mol. The number of carbonyl (C=O) groups is 1. The number of benzene rings is 1. The normalized spacial score (nSPS) is 15.0. The molecule has 1 aromatic rings. The van der Waals surface area contributed by atoms with Crippen molar-refractivity contribution in [1.29, 1.82) is 0 Å². The Hall–Kier alpha value is -2.17. The number of ether oxygens (including phenoxy) is 1. The van der Waals surface area contributed by atoms with E-state index in [0.717, 1.165) is 16.7 Å². The van der Waals surface area contributed by atoms with Crippen LogP contribution in [0.2, 0.25) is 0 Å². The molecule has 0 atom stereocenters. The fourth-order valence-corrected chi connectivity index (χ4v) is 2.50. The van der Waals surface area contributed by atoms with Gasteiger partial charge in [0.2, 0.25) is 0 Å². The summed E-state index contributed by atoms with van der Waals surface area (Å²) in [5.41, 5.74) is 9.95. The number of nitrogens with two attached hydrogens (primary N) is 1. The minimum Gasteiger partial charge on any atom is -0.489 e. The molecule has 1 aliphatic heterocycles. The molecule has 0 fully saturated rings. The van der Waals surface area contributed by atoms with Crippen LogP contribution in [0.4, 0.5) is 10.5 Å². The van der Waals surface area contributed by atoms with Gasteiger partial charge in [0, 0.05) is 13.1 Å². The lowest BCUT2D eigenvalue weighted by Crippen LogP contribution is -2.33. The van der Waals surface area contributed by atoms with Gasteiger partial charge in [-0.3, -0.25) is 0 Å². The number of nitrogens with zero attached hydrogens (tertiary/aromatic N) is 1. The summed E-state index contributed by atoms with van der Waals surface area (Å²) in [6.45, 7) is 6.88. The summed E-state index contributed by atoms with van der Waals surface area (Å²) in [4.78, 5) is 12.3. The summed E-state index contributed by atoms with van der Waals surface area (Å²) < 4.78 is 5.73. The molecule has 0 radical (unpaired) electrons. The number of hydrogen-bond donors (Lipinski definition) is 2. The predicted octanol–water partition coefficient (Wildman–Crippen LogP) is 3.13. The highest BCUT2D eigenvalue weighted by molar-refractivity contribution is 5.75. The van der Waals surface area contributed by atoms with Crippen molar-refractivity contribution in [3.05, 3.63) is 29.3 Å². The van der Waals surface area contributed by atoms with Crippen LogP contribution in [0.5, 0.6) is 5.75 Å². The monoisotopic (exact) mass is 290 g/mol. The molecule has 0 saturated heterocycles. The molecule has 0 bridgehead atoms. The van der Waals surface area contributed by atoms with Gasteiger partial charge in [-0.2, -0.15) is 0 Å². The van der Waals surface area contributed by atoms with Crippen molar-refractivity contribution >= 4 is 17.4 Å². The lowest BCUT2D eigenvalue weighted by Gasteiger charge is -2.25. The molecule has 2 rings (SSSR count). The standard InChI is InChI=1S/C16H22N2O3/c1-10(2)21-15-9-13(11(3)8-14(15)17)12-4-6-18(7-5-12)16(19)20/h4,8-10H,5-7,17H2,1-3H3,(H,19,20). The fourth-order valence-electron chi connectivity index (χ4n) is 2.50. The molecule has 5 heteroatoms. The second kappa shape index (κ2) is 6.08. The highest BCUT2D eigenvalue weighted by Gasteiger charge is 2.19. The first-order valence-electron chi connectivity index (χ1n) is 7.12. The van der Waals surface area contributed by atoms with Crippen LogP contribution in [0.3, 0.4) is 0 Å². The number of anilines is 1. The van der Waals surface area contributed by atoms with Crippen molar-refractivity contribution in [3.8, 4) is 5.75 Å². The Bertz CT molecular complexity index is 579. The van der Waals surface area contributed by atoms with E-state index in [1.54, 1.807) is 0 Å². The summed E-state index contributed by atoms with van der Waals surface area (Å²) >= 11 is 0. The van der Waals surface area contributed by atoms with Crippen LogP contribution in [-0.2, 0) is 0 Å². The Balaban J connectivity index is 2.29. The van der Waals surface area contributed by atoms with Gasteiger partial charge in [-0.1, -0.05) is 6.08 Å². The molecule has 0 unspecified atom stereocenters. The van der Waals surface area contributed by atoms with E-state index in [0.29, 0.717) is 30.9 Å². The molecular weight excluding hydrogens is 268 g/mol. The molecule has 114 valence electrons. The zero-order valence-corrected chi connectivity index (χ0v) is 12.7. The Morgan fingerprint density at radius 3 is 2.67 bits per heavy atom. The van der Waals surface area contributed by atoms with Gasteiger partial charge in [-0.15, -0.1) is 0 Å². The molecule has 21 heavy (non-hydrogen) atoms. The second-order valence-electron chi connectivity index (χ2n) is 5.58. The molecule has 3 N–H and O–H groups in total. The van der Waals surface area contributed by atoms with Gasteiger partial charge in [0.25, 0.3) is 0 Å². The number of hydrogen-bond acceptors (Lipinski definition) is 3. The molecule has 1 aromatic carbocycles. The smallest absolute Gasteiger partial charge is 0.407 e. The highest BCUT2D eigenvalue weighted by Crippen LogP contribution is 2.33. The SMILES string of the molecule is Cc1cc(N)c(OC(C)C)cc1C1=CCN(C(=O)O)CC1. The molecule has 1 aliphatic rings. The number of nitrogen functional groups attached to an aromatic ring is 1. The van der Waals surface area contributed by atoms with Gasteiger partial charge in [-0.05, 0) is 56.0 Å². The number of amides is 1. The number of carboxylic acid groups (broad SMARTS) is 1. The van der Waals surface area contributed by atoms with Crippen molar-refractivity contribution in [2.45, 2.75) is 33.3 Å². The third-order valence-corrected chi connectivity index (χ3v) is 3.55. The maximum Gasteiger partial charge on any atom is 0.407 e. The molecular formula is C16H22N2O3. The van der Waals surface area contributed by atoms with Crippen molar-refractivity contribution < 1.29 is 14.6 Å². The van der Waals surface area contributed by atoms with Gasteiger partial charge < -0.3 is 20.5 Å². The van der Waals surface area contributed by atoms with Crippen LogP contribution in [0.25, 0.3) is 5.57 Å². The van der Waals surface area contributed by atoms with Crippen molar-refractivity contribution in [3.63, 3.8) is 0 Å². The van der Waals surface area contributed by atoms with E-state index < -0.39 is 6.09 Å². The Morgan fingerprint density at radius 2 is 2.14 bits per heavy atom. The van der Waals surface area contributed by atoms with Gasteiger partial charge in [0.1, 0.15) is 5.75 Å². The van der Waals surface area contributed by atoms with Crippen LogP contribution < -0.4 is 10.5 Å².